The first-order valence-corrected chi connectivity index (χ1v) is 6.89. The van der Waals surface area contributed by atoms with Crippen LogP contribution >= 0.6 is 0 Å². The number of imide groups is 1. The van der Waals surface area contributed by atoms with Crippen LogP contribution in [-0.2, 0) is 9.59 Å². The van der Waals surface area contributed by atoms with Crippen molar-refractivity contribution in [3.05, 3.63) is 36.4 Å². The molecule has 4 nitrogen and oxygen atoms in total. The summed E-state index contributed by atoms with van der Waals surface area (Å²) < 4.78 is 0. The van der Waals surface area contributed by atoms with Gasteiger partial charge in [0.1, 0.15) is 5.75 Å². The number of allylic oxidation sites excluding steroid dienone is 2. The van der Waals surface area contributed by atoms with Gasteiger partial charge in [0.05, 0.1) is 17.0 Å². The van der Waals surface area contributed by atoms with Crippen LogP contribution in [0.2, 0.25) is 0 Å². The van der Waals surface area contributed by atoms with E-state index >= 15 is 0 Å². The first-order chi connectivity index (χ1) is 9.53. The Labute approximate surface area is 116 Å². The molecule has 4 heteroatoms. The Balaban J connectivity index is 1.80. The SMILES string of the molecule is C[C@@]12C(=O)N(c3ccc(O)cc3)C(=O)[C@@H]1[C@@H]1C=C[C@@H]2C1. The number of phenols is 1. The van der Waals surface area contributed by atoms with Crippen molar-refractivity contribution in [3.8, 4) is 5.75 Å². The first-order valence-electron chi connectivity index (χ1n) is 6.89. The molecule has 0 aromatic heterocycles. The van der Waals surface area contributed by atoms with Crippen molar-refractivity contribution < 1.29 is 14.7 Å². The zero-order chi connectivity index (χ0) is 14.1. The first kappa shape index (κ1) is 11.7. The topological polar surface area (TPSA) is 57.6 Å². The molecular formula is C16H15NO3. The maximum atomic E-state index is 12.8. The van der Waals surface area contributed by atoms with Crippen LogP contribution in [0, 0.1) is 23.2 Å². The number of hydrogen-bond acceptors (Lipinski definition) is 3. The number of phenolic OH excluding ortho intramolecular Hbond substituents is 1. The van der Waals surface area contributed by atoms with E-state index in [1.54, 1.807) is 12.1 Å². The van der Waals surface area contributed by atoms with Gasteiger partial charge in [0.2, 0.25) is 11.8 Å². The summed E-state index contributed by atoms with van der Waals surface area (Å²) in [6.45, 7) is 1.92. The van der Waals surface area contributed by atoms with Crippen molar-refractivity contribution in [2.24, 2.45) is 23.2 Å². The smallest absolute Gasteiger partial charge is 0.241 e. The number of hydrogen-bond donors (Lipinski definition) is 1. The third-order valence-corrected chi connectivity index (χ3v) is 5.22. The molecule has 0 radical (unpaired) electrons. The lowest BCUT2D eigenvalue weighted by Crippen LogP contribution is -2.37. The predicted molar refractivity (Wildman–Crippen MR) is 72.9 cm³/mol. The van der Waals surface area contributed by atoms with E-state index in [9.17, 15) is 14.7 Å². The van der Waals surface area contributed by atoms with Crippen molar-refractivity contribution in [2.75, 3.05) is 4.90 Å². The molecule has 0 spiro atoms. The van der Waals surface area contributed by atoms with Gasteiger partial charge in [0.15, 0.2) is 0 Å². The summed E-state index contributed by atoms with van der Waals surface area (Å²) in [5.41, 5.74) is -0.0400. The second-order valence-corrected chi connectivity index (χ2v) is 6.15. The molecule has 4 atom stereocenters. The fourth-order valence-corrected chi connectivity index (χ4v) is 4.15. The zero-order valence-electron chi connectivity index (χ0n) is 11.1. The highest BCUT2D eigenvalue weighted by Crippen LogP contribution is 2.60. The number of amides is 2. The summed E-state index contributed by atoms with van der Waals surface area (Å²) in [4.78, 5) is 26.8. The molecule has 1 aromatic carbocycles. The summed E-state index contributed by atoms with van der Waals surface area (Å²) in [6.07, 6.45) is 5.09. The minimum atomic E-state index is -0.589. The van der Waals surface area contributed by atoms with Crippen LogP contribution < -0.4 is 4.90 Å². The number of carbonyl (C=O) groups excluding carboxylic acids is 2. The molecule has 3 aliphatic rings. The van der Waals surface area contributed by atoms with Crippen LogP contribution in [0.1, 0.15) is 13.3 Å². The maximum absolute atomic E-state index is 12.8. The quantitative estimate of drug-likeness (QED) is 0.627. The van der Waals surface area contributed by atoms with E-state index in [-0.39, 0.29) is 35.3 Å². The van der Waals surface area contributed by atoms with Gasteiger partial charge >= 0.3 is 0 Å². The molecule has 1 saturated carbocycles. The molecule has 102 valence electrons. The Morgan fingerprint density at radius 3 is 2.55 bits per heavy atom. The summed E-state index contributed by atoms with van der Waals surface area (Å²) in [6, 6.07) is 6.23. The molecule has 2 bridgehead atoms. The number of nitrogens with zero attached hydrogens (tertiary/aromatic N) is 1. The van der Waals surface area contributed by atoms with Gasteiger partial charge in [-0.25, -0.2) is 4.90 Å². The van der Waals surface area contributed by atoms with Crippen LogP contribution in [0.4, 0.5) is 5.69 Å². The van der Waals surface area contributed by atoms with Crippen molar-refractivity contribution in [2.45, 2.75) is 13.3 Å². The average molecular weight is 269 g/mol. The molecule has 0 unspecified atom stereocenters. The van der Waals surface area contributed by atoms with Gasteiger partial charge in [-0.2, -0.15) is 0 Å². The molecule has 2 aliphatic carbocycles. The average Bonchev–Trinajstić information content (AvgIpc) is 3.05. The summed E-state index contributed by atoms with van der Waals surface area (Å²) in [5.74, 6) is 0.0782. The summed E-state index contributed by atoms with van der Waals surface area (Å²) in [5, 5.41) is 9.34. The summed E-state index contributed by atoms with van der Waals surface area (Å²) in [7, 11) is 0. The normalized spacial score (nSPS) is 37.9. The van der Waals surface area contributed by atoms with Crippen molar-refractivity contribution in [1.82, 2.24) is 0 Å². The van der Waals surface area contributed by atoms with Gasteiger partial charge in [-0.1, -0.05) is 12.2 Å². The van der Waals surface area contributed by atoms with E-state index in [0.29, 0.717) is 5.69 Å². The van der Waals surface area contributed by atoms with Crippen LogP contribution in [0.3, 0.4) is 0 Å². The number of carbonyl (C=O) groups is 2. The Kier molecular flexibility index (Phi) is 2.05. The number of rotatable bonds is 1. The molecule has 1 aliphatic heterocycles. The third-order valence-electron chi connectivity index (χ3n) is 5.22. The Morgan fingerprint density at radius 1 is 1.20 bits per heavy atom. The lowest BCUT2D eigenvalue weighted by atomic mass is 9.71. The molecule has 4 rings (SSSR count). The second-order valence-electron chi connectivity index (χ2n) is 6.15. The second kappa shape index (κ2) is 3.51. The Bertz CT molecular complexity index is 648. The minimum Gasteiger partial charge on any atom is -0.508 e. The van der Waals surface area contributed by atoms with Crippen LogP contribution in [0.25, 0.3) is 0 Å². The fourth-order valence-electron chi connectivity index (χ4n) is 4.15. The van der Waals surface area contributed by atoms with Gasteiger partial charge < -0.3 is 5.11 Å². The molecule has 1 aromatic rings. The van der Waals surface area contributed by atoms with Gasteiger partial charge in [0.25, 0.3) is 0 Å². The molecule has 2 amide bonds. The van der Waals surface area contributed by atoms with Crippen LogP contribution in [-0.4, -0.2) is 16.9 Å². The largest absolute Gasteiger partial charge is 0.508 e. The highest BCUT2D eigenvalue weighted by Gasteiger charge is 2.67. The number of anilines is 1. The van der Waals surface area contributed by atoms with E-state index in [4.69, 9.17) is 0 Å². The van der Waals surface area contributed by atoms with E-state index < -0.39 is 5.41 Å². The van der Waals surface area contributed by atoms with Gasteiger partial charge in [-0.3, -0.25) is 9.59 Å². The molecule has 1 saturated heterocycles. The number of fused-ring (bicyclic) bond motifs is 5. The van der Waals surface area contributed by atoms with Crippen molar-refractivity contribution in [3.63, 3.8) is 0 Å². The zero-order valence-corrected chi connectivity index (χ0v) is 11.1. The lowest BCUT2D eigenvalue weighted by molar-refractivity contribution is -0.127. The number of benzene rings is 1. The Hall–Kier alpha value is -2.10. The van der Waals surface area contributed by atoms with Crippen LogP contribution in [0.5, 0.6) is 5.75 Å². The van der Waals surface area contributed by atoms with Gasteiger partial charge in [-0.15, -0.1) is 0 Å². The summed E-state index contributed by atoms with van der Waals surface area (Å²) >= 11 is 0. The molecule has 1 heterocycles. The monoisotopic (exact) mass is 269 g/mol. The highest BCUT2D eigenvalue weighted by molar-refractivity contribution is 6.24. The minimum absolute atomic E-state index is 0.0972. The van der Waals surface area contributed by atoms with Gasteiger partial charge in [0, 0.05) is 0 Å². The standard InChI is InChI=1S/C16H15NO3/c1-16-10-3-2-9(8-10)13(16)14(19)17(15(16)20)11-4-6-12(18)7-5-11/h2-7,9-10,13,18H,8H2,1H3/t9-,10-,13+,16+/m1/s1. The van der Waals surface area contributed by atoms with Gasteiger partial charge in [-0.05, 0) is 49.4 Å². The molecule has 1 N–H and O–H groups in total. The Morgan fingerprint density at radius 2 is 1.90 bits per heavy atom. The highest BCUT2D eigenvalue weighted by atomic mass is 16.3. The molecule has 20 heavy (non-hydrogen) atoms. The van der Waals surface area contributed by atoms with Crippen LogP contribution in [0.15, 0.2) is 36.4 Å². The van der Waals surface area contributed by atoms with E-state index in [2.05, 4.69) is 12.2 Å². The predicted octanol–water partition coefficient (Wildman–Crippen LogP) is 2.09. The molecule has 2 fully saturated rings. The molecular weight excluding hydrogens is 254 g/mol. The van der Waals surface area contributed by atoms with E-state index in [1.165, 1.54) is 17.0 Å². The van der Waals surface area contributed by atoms with E-state index in [1.807, 2.05) is 6.92 Å². The number of aromatic hydroxyl groups is 1. The fraction of sp³-hybridized carbons (Fsp3) is 0.375. The third kappa shape index (κ3) is 1.17. The maximum Gasteiger partial charge on any atom is 0.241 e. The van der Waals surface area contributed by atoms with Crippen molar-refractivity contribution >= 4 is 17.5 Å². The van der Waals surface area contributed by atoms with E-state index in [0.717, 1.165) is 6.42 Å². The van der Waals surface area contributed by atoms with Crippen molar-refractivity contribution in [1.29, 1.82) is 0 Å². The lowest BCUT2D eigenvalue weighted by Gasteiger charge is -2.28.